The van der Waals surface area contributed by atoms with Crippen molar-refractivity contribution in [2.45, 2.75) is 68.0 Å². The van der Waals surface area contributed by atoms with Gasteiger partial charge in [-0.25, -0.2) is 8.42 Å². The van der Waals surface area contributed by atoms with Crippen molar-refractivity contribution in [3.8, 4) is 0 Å². The van der Waals surface area contributed by atoms with E-state index in [1.807, 2.05) is 12.1 Å². The van der Waals surface area contributed by atoms with Crippen LogP contribution in [0.25, 0.3) is 0 Å². The van der Waals surface area contributed by atoms with Crippen LogP contribution in [0, 0.1) is 0 Å². The zero-order valence-corrected chi connectivity index (χ0v) is 13.8. The molecular formula is C17H24O3S. The normalized spacial score (nSPS) is 34.9. The van der Waals surface area contributed by atoms with Crippen molar-refractivity contribution < 1.29 is 13.5 Å². The van der Waals surface area contributed by atoms with Crippen LogP contribution < -0.4 is 0 Å². The van der Waals surface area contributed by atoms with Gasteiger partial charge in [-0.15, -0.1) is 0 Å². The monoisotopic (exact) mass is 308 g/mol. The Balaban J connectivity index is 1.91. The van der Waals surface area contributed by atoms with E-state index in [1.165, 1.54) is 5.56 Å². The molecule has 0 radical (unpaired) electrons. The number of fused-ring (bicyclic) bond motifs is 2. The third-order valence-electron chi connectivity index (χ3n) is 5.16. The summed E-state index contributed by atoms with van der Waals surface area (Å²) in [7, 11) is -3.00. The van der Waals surface area contributed by atoms with Gasteiger partial charge in [-0.1, -0.05) is 45.0 Å². The molecule has 21 heavy (non-hydrogen) atoms. The number of hydrogen-bond donors (Lipinski definition) is 1. The standard InChI is InChI=1S/C17H24O3S/c1-16(2,3)12-4-6-13(7-5-12)17(18)10-14-8-9-15(11-17)21(14,19)20/h4-7,14-15,18H,8-11H2,1-3H3. The second-order valence-corrected chi connectivity index (χ2v) is 10.2. The van der Waals surface area contributed by atoms with Crippen molar-refractivity contribution >= 4 is 9.84 Å². The lowest BCUT2D eigenvalue weighted by atomic mass is 9.82. The molecule has 116 valence electrons. The molecule has 3 nitrogen and oxygen atoms in total. The van der Waals surface area contributed by atoms with E-state index in [4.69, 9.17) is 0 Å². The Bertz CT molecular complexity index is 618. The Morgan fingerprint density at radius 2 is 1.52 bits per heavy atom. The zero-order valence-electron chi connectivity index (χ0n) is 13.0. The summed E-state index contributed by atoms with van der Waals surface area (Å²) in [5, 5.41) is 10.3. The van der Waals surface area contributed by atoms with E-state index >= 15 is 0 Å². The minimum absolute atomic E-state index is 0.0794. The number of hydrogen-bond acceptors (Lipinski definition) is 3. The molecule has 2 aliphatic heterocycles. The summed E-state index contributed by atoms with van der Waals surface area (Å²) in [6.07, 6.45) is 2.10. The van der Waals surface area contributed by atoms with E-state index in [2.05, 4.69) is 32.9 Å². The number of rotatable bonds is 1. The molecule has 0 amide bonds. The summed E-state index contributed by atoms with van der Waals surface area (Å²) >= 11 is 0. The first-order chi connectivity index (χ1) is 9.63. The SMILES string of the molecule is CC(C)(C)c1ccc(C2(O)CC3CCC(C2)S3(=O)=O)cc1. The van der Waals surface area contributed by atoms with Gasteiger partial charge in [-0.2, -0.15) is 0 Å². The third kappa shape index (κ3) is 2.42. The van der Waals surface area contributed by atoms with Gasteiger partial charge < -0.3 is 5.11 Å². The topological polar surface area (TPSA) is 54.4 Å². The first kappa shape index (κ1) is 15.0. The molecule has 0 saturated carbocycles. The lowest BCUT2D eigenvalue weighted by Crippen LogP contribution is -2.43. The molecule has 2 unspecified atom stereocenters. The second kappa shape index (κ2) is 4.56. The van der Waals surface area contributed by atoms with Crippen LogP contribution in [0.4, 0.5) is 0 Å². The maximum atomic E-state index is 12.2. The first-order valence-electron chi connectivity index (χ1n) is 7.69. The van der Waals surface area contributed by atoms with Crippen molar-refractivity contribution in [2.24, 2.45) is 0 Å². The van der Waals surface area contributed by atoms with Crippen molar-refractivity contribution in [2.75, 3.05) is 0 Å². The van der Waals surface area contributed by atoms with Gasteiger partial charge >= 0.3 is 0 Å². The molecule has 1 aromatic carbocycles. The predicted octanol–water partition coefficient (Wildman–Crippen LogP) is 2.91. The molecule has 0 aromatic heterocycles. The smallest absolute Gasteiger partial charge is 0.156 e. The Morgan fingerprint density at radius 1 is 1.05 bits per heavy atom. The minimum Gasteiger partial charge on any atom is -0.385 e. The summed E-state index contributed by atoms with van der Waals surface area (Å²) in [5.41, 5.74) is 1.19. The van der Waals surface area contributed by atoms with Crippen molar-refractivity contribution in [1.82, 2.24) is 0 Å². The molecule has 4 heteroatoms. The van der Waals surface area contributed by atoms with E-state index in [0.29, 0.717) is 25.7 Å². The number of sulfone groups is 1. The summed E-state index contributed by atoms with van der Waals surface area (Å²) < 4.78 is 24.3. The fraction of sp³-hybridized carbons (Fsp3) is 0.647. The molecule has 2 fully saturated rings. The Hall–Kier alpha value is -0.870. The van der Waals surface area contributed by atoms with Crippen LogP contribution in [0.15, 0.2) is 24.3 Å². The minimum atomic E-state index is -3.00. The second-order valence-electron chi connectivity index (χ2n) is 7.68. The molecule has 0 aliphatic carbocycles. The summed E-state index contributed by atoms with van der Waals surface area (Å²) in [6.45, 7) is 6.47. The molecule has 1 aromatic rings. The first-order valence-corrected chi connectivity index (χ1v) is 9.30. The zero-order chi connectivity index (χ0) is 15.5. The highest BCUT2D eigenvalue weighted by Crippen LogP contribution is 2.47. The van der Waals surface area contributed by atoms with Gasteiger partial charge in [0, 0.05) is 0 Å². The van der Waals surface area contributed by atoms with Gasteiger partial charge in [0.15, 0.2) is 9.84 Å². The van der Waals surface area contributed by atoms with Gasteiger partial charge in [0.25, 0.3) is 0 Å². The van der Waals surface area contributed by atoms with E-state index in [-0.39, 0.29) is 15.9 Å². The van der Waals surface area contributed by atoms with E-state index in [9.17, 15) is 13.5 Å². The highest BCUT2D eigenvalue weighted by atomic mass is 32.2. The quantitative estimate of drug-likeness (QED) is 0.868. The molecule has 3 rings (SSSR count). The fourth-order valence-corrected chi connectivity index (χ4v) is 6.25. The van der Waals surface area contributed by atoms with E-state index < -0.39 is 15.4 Å². The van der Waals surface area contributed by atoms with E-state index in [0.717, 1.165) is 5.56 Å². The third-order valence-corrected chi connectivity index (χ3v) is 7.82. The van der Waals surface area contributed by atoms with Crippen LogP contribution >= 0.6 is 0 Å². The van der Waals surface area contributed by atoms with Crippen molar-refractivity contribution in [3.05, 3.63) is 35.4 Å². The number of aliphatic hydroxyl groups is 1. The predicted molar refractivity (Wildman–Crippen MR) is 84.0 cm³/mol. The Kier molecular flexibility index (Phi) is 3.27. The van der Waals surface area contributed by atoms with Crippen LogP contribution in [0.2, 0.25) is 0 Å². The van der Waals surface area contributed by atoms with Crippen LogP contribution in [-0.4, -0.2) is 24.0 Å². The van der Waals surface area contributed by atoms with Gasteiger partial charge in [-0.05, 0) is 42.2 Å². The van der Waals surface area contributed by atoms with Crippen molar-refractivity contribution in [1.29, 1.82) is 0 Å². The molecule has 2 heterocycles. The molecule has 2 aliphatic rings. The molecule has 0 spiro atoms. The van der Waals surface area contributed by atoms with Crippen LogP contribution in [-0.2, 0) is 20.9 Å². The maximum Gasteiger partial charge on any atom is 0.156 e. The largest absolute Gasteiger partial charge is 0.385 e. The summed E-state index contributed by atoms with van der Waals surface area (Å²) in [6, 6.07) is 8.05. The van der Waals surface area contributed by atoms with Crippen molar-refractivity contribution in [3.63, 3.8) is 0 Å². The van der Waals surface area contributed by atoms with Gasteiger partial charge in [0.1, 0.15) is 0 Å². The average molecular weight is 308 g/mol. The average Bonchev–Trinajstić information content (AvgIpc) is 2.58. The van der Waals surface area contributed by atoms with Crippen LogP contribution in [0.5, 0.6) is 0 Å². The van der Waals surface area contributed by atoms with Gasteiger partial charge in [-0.3, -0.25) is 0 Å². The number of benzene rings is 1. The highest BCUT2D eigenvalue weighted by Gasteiger charge is 2.53. The lowest BCUT2D eigenvalue weighted by Gasteiger charge is -2.36. The summed E-state index contributed by atoms with van der Waals surface area (Å²) in [5.74, 6) is 0. The summed E-state index contributed by atoms with van der Waals surface area (Å²) in [4.78, 5) is 0. The van der Waals surface area contributed by atoms with Crippen LogP contribution in [0.1, 0.15) is 57.6 Å². The van der Waals surface area contributed by atoms with Crippen LogP contribution in [0.3, 0.4) is 0 Å². The lowest BCUT2D eigenvalue weighted by molar-refractivity contribution is 0.0173. The molecule has 2 bridgehead atoms. The van der Waals surface area contributed by atoms with E-state index in [1.54, 1.807) is 0 Å². The van der Waals surface area contributed by atoms with Gasteiger partial charge in [0.2, 0.25) is 0 Å². The molecular weight excluding hydrogens is 284 g/mol. The molecule has 2 saturated heterocycles. The molecule has 1 N–H and O–H groups in total. The molecule has 2 atom stereocenters. The Morgan fingerprint density at radius 3 is 1.95 bits per heavy atom. The fourth-order valence-electron chi connectivity index (χ4n) is 3.76. The Labute approximate surface area is 127 Å². The maximum absolute atomic E-state index is 12.2. The highest BCUT2D eigenvalue weighted by molar-refractivity contribution is 7.93. The van der Waals surface area contributed by atoms with Gasteiger partial charge in [0.05, 0.1) is 16.1 Å².